The summed E-state index contributed by atoms with van der Waals surface area (Å²) in [7, 11) is 0. The zero-order valence-electron chi connectivity index (χ0n) is 14.7. The zero-order valence-corrected chi connectivity index (χ0v) is 15.5. The predicted octanol–water partition coefficient (Wildman–Crippen LogP) is 2.82. The molecule has 8 nitrogen and oxygen atoms in total. The van der Waals surface area contributed by atoms with E-state index in [1.165, 1.54) is 26.1 Å². The van der Waals surface area contributed by atoms with Gasteiger partial charge in [0.25, 0.3) is 5.91 Å². The number of hydrogen-bond acceptors (Lipinski definition) is 5. The van der Waals surface area contributed by atoms with Crippen molar-refractivity contribution in [3.8, 4) is 0 Å². The molecule has 9 heteroatoms. The second kappa shape index (κ2) is 9.54. The molecule has 0 saturated carbocycles. The summed E-state index contributed by atoms with van der Waals surface area (Å²) in [6, 6.07) is 10.3. The zero-order chi connectivity index (χ0) is 19.8. The second-order valence-corrected chi connectivity index (χ2v) is 6.05. The van der Waals surface area contributed by atoms with Crippen LogP contribution in [0, 0.1) is 0 Å². The summed E-state index contributed by atoms with van der Waals surface area (Å²) < 4.78 is 5.07. The Morgan fingerprint density at radius 2 is 1.74 bits per heavy atom. The normalized spacial score (nSPS) is 12.4. The molecule has 2 rings (SSSR count). The smallest absolute Gasteiger partial charge is 0.329 e. The molecular formula is C18H19ClN4O4. The number of carbonyl (C=O) groups excluding carboxylic acids is 3. The third-order valence-corrected chi connectivity index (χ3v) is 3.60. The summed E-state index contributed by atoms with van der Waals surface area (Å²) in [4.78, 5) is 39.9. The summed E-state index contributed by atoms with van der Waals surface area (Å²) in [5.74, 6) is -1.02. The van der Waals surface area contributed by atoms with Crippen molar-refractivity contribution in [2.45, 2.75) is 26.0 Å². The summed E-state index contributed by atoms with van der Waals surface area (Å²) in [6.07, 6.45) is 0.307. The lowest BCUT2D eigenvalue weighted by Gasteiger charge is -2.17. The van der Waals surface area contributed by atoms with E-state index in [1.54, 1.807) is 30.3 Å². The van der Waals surface area contributed by atoms with Crippen LogP contribution in [0.25, 0.3) is 0 Å². The standard InChI is InChI=1S/C18H19ClN4O4/c1-11(21-18(26)22-14-6-4-3-5-7-14)17(25)27-12(2)16(24)23-15-9-8-13(19)10-20-15/h3-12H,1-2H3,(H,20,23,24)(H2,21,22,26)/t11-,12-/m0/s1. The van der Waals surface area contributed by atoms with E-state index in [9.17, 15) is 14.4 Å². The van der Waals surface area contributed by atoms with Crippen LogP contribution in [0.2, 0.25) is 5.02 Å². The molecule has 3 N–H and O–H groups in total. The number of rotatable bonds is 6. The highest BCUT2D eigenvalue weighted by Crippen LogP contribution is 2.10. The van der Waals surface area contributed by atoms with E-state index in [2.05, 4.69) is 20.9 Å². The number of hydrogen-bond donors (Lipinski definition) is 3. The molecule has 0 fully saturated rings. The van der Waals surface area contributed by atoms with Crippen LogP contribution in [-0.4, -0.2) is 35.0 Å². The van der Waals surface area contributed by atoms with Crippen molar-refractivity contribution in [1.82, 2.24) is 10.3 Å². The van der Waals surface area contributed by atoms with Crippen LogP contribution in [0.1, 0.15) is 13.8 Å². The van der Waals surface area contributed by atoms with Gasteiger partial charge in [-0.1, -0.05) is 29.8 Å². The molecule has 2 atom stereocenters. The van der Waals surface area contributed by atoms with Crippen molar-refractivity contribution in [1.29, 1.82) is 0 Å². The number of nitrogens with one attached hydrogen (secondary N) is 3. The van der Waals surface area contributed by atoms with E-state index in [0.717, 1.165) is 0 Å². The highest BCUT2D eigenvalue weighted by molar-refractivity contribution is 6.30. The van der Waals surface area contributed by atoms with E-state index >= 15 is 0 Å². The molecule has 142 valence electrons. The van der Waals surface area contributed by atoms with E-state index in [0.29, 0.717) is 10.7 Å². The van der Waals surface area contributed by atoms with Crippen LogP contribution in [0.4, 0.5) is 16.3 Å². The van der Waals surface area contributed by atoms with Gasteiger partial charge in [-0.3, -0.25) is 4.79 Å². The molecule has 0 unspecified atom stereocenters. The van der Waals surface area contributed by atoms with E-state index in [4.69, 9.17) is 16.3 Å². The first kappa shape index (κ1) is 20.2. The molecule has 2 aromatic rings. The maximum Gasteiger partial charge on any atom is 0.329 e. The quantitative estimate of drug-likeness (QED) is 0.657. The Bertz CT molecular complexity index is 799. The van der Waals surface area contributed by atoms with Gasteiger partial charge in [-0.2, -0.15) is 0 Å². The Morgan fingerprint density at radius 1 is 1.04 bits per heavy atom. The summed E-state index contributed by atoms with van der Waals surface area (Å²) in [5, 5.41) is 7.96. The SMILES string of the molecule is C[C@H](NC(=O)Nc1ccccc1)C(=O)O[C@@H](C)C(=O)Nc1ccc(Cl)cn1. The van der Waals surface area contributed by atoms with Crippen LogP contribution < -0.4 is 16.0 Å². The average molecular weight is 391 g/mol. The fraction of sp³-hybridized carbons (Fsp3) is 0.222. The third-order valence-electron chi connectivity index (χ3n) is 3.37. The Morgan fingerprint density at radius 3 is 2.37 bits per heavy atom. The van der Waals surface area contributed by atoms with Gasteiger partial charge < -0.3 is 20.7 Å². The number of anilines is 2. The van der Waals surface area contributed by atoms with Crippen molar-refractivity contribution in [2.75, 3.05) is 10.6 Å². The molecule has 1 aromatic carbocycles. The molecule has 0 aliphatic carbocycles. The first-order chi connectivity index (χ1) is 12.8. The molecule has 0 radical (unpaired) electrons. The number of para-hydroxylation sites is 1. The Balaban J connectivity index is 1.80. The number of halogens is 1. The van der Waals surface area contributed by atoms with Crippen molar-refractivity contribution in [3.63, 3.8) is 0 Å². The first-order valence-electron chi connectivity index (χ1n) is 8.10. The maximum atomic E-state index is 12.1. The van der Waals surface area contributed by atoms with Gasteiger partial charge in [-0.15, -0.1) is 0 Å². The fourth-order valence-electron chi connectivity index (χ4n) is 1.95. The minimum Gasteiger partial charge on any atom is -0.451 e. The monoisotopic (exact) mass is 390 g/mol. The van der Waals surface area contributed by atoms with Crippen molar-refractivity contribution < 1.29 is 19.1 Å². The number of urea groups is 1. The maximum absolute atomic E-state index is 12.1. The number of aromatic nitrogens is 1. The number of carbonyl (C=O) groups is 3. The van der Waals surface area contributed by atoms with Gasteiger partial charge in [0.2, 0.25) is 0 Å². The highest BCUT2D eigenvalue weighted by Gasteiger charge is 2.23. The van der Waals surface area contributed by atoms with Crippen molar-refractivity contribution in [3.05, 3.63) is 53.7 Å². The molecule has 1 aromatic heterocycles. The number of benzene rings is 1. The Hall–Kier alpha value is -3.13. The first-order valence-corrected chi connectivity index (χ1v) is 8.48. The number of amides is 3. The average Bonchev–Trinajstić information content (AvgIpc) is 2.64. The number of ether oxygens (including phenoxy) is 1. The second-order valence-electron chi connectivity index (χ2n) is 5.62. The molecule has 0 spiro atoms. The van der Waals surface area contributed by atoms with Gasteiger partial charge in [-0.25, -0.2) is 14.6 Å². The van der Waals surface area contributed by atoms with Crippen LogP contribution in [0.5, 0.6) is 0 Å². The van der Waals surface area contributed by atoms with Gasteiger partial charge in [0.15, 0.2) is 6.10 Å². The van der Waals surface area contributed by atoms with E-state index in [1.807, 2.05) is 6.07 Å². The minimum absolute atomic E-state index is 0.278. The summed E-state index contributed by atoms with van der Waals surface area (Å²) in [5.41, 5.74) is 0.582. The van der Waals surface area contributed by atoms with Gasteiger partial charge in [0, 0.05) is 11.9 Å². The van der Waals surface area contributed by atoms with Gasteiger partial charge in [-0.05, 0) is 38.1 Å². The van der Waals surface area contributed by atoms with Crippen molar-refractivity contribution >= 4 is 41.0 Å². The molecule has 27 heavy (non-hydrogen) atoms. The molecule has 3 amide bonds. The van der Waals surface area contributed by atoms with Crippen LogP contribution in [0.15, 0.2) is 48.7 Å². The molecule has 0 saturated heterocycles. The molecule has 0 bridgehead atoms. The number of esters is 1. The third kappa shape index (κ3) is 6.59. The minimum atomic E-state index is -1.07. The van der Waals surface area contributed by atoms with Gasteiger partial charge >= 0.3 is 12.0 Å². The van der Waals surface area contributed by atoms with Gasteiger partial charge in [0.1, 0.15) is 11.9 Å². The number of nitrogens with zero attached hydrogens (tertiary/aromatic N) is 1. The lowest BCUT2D eigenvalue weighted by atomic mass is 10.3. The van der Waals surface area contributed by atoms with Crippen LogP contribution >= 0.6 is 11.6 Å². The largest absolute Gasteiger partial charge is 0.451 e. The lowest BCUT2D eigenvalue weighted by Crippen LogP contribution is -2.44. The van der Waals surface area contributed by atoms with Crippen molar-refractivity contribution in [2.24, 2.45) is 0 Å². The lowest BCUT2D eigenvalue weighted by molar-refractivity contribution is -0.154. The molecule has 1 heterocycles. The van der Waals surface area contributed by atoms with Crippen LogP contribution in [0.3, 0.4) is 0 Å². The molecule has 0 aliphatic heterocycles. The summed E-state index contributed by atoms with van der Waals surface area (Å²) >= 11 is 5.72. The highest BCUT2D eigenvalue weighted by atomic mass is 35.5. The van der Waals surface area contributed by atoms with E-state index < -0.39 is 30.1 Å². The fourth-order valence-corrected chi connectivity index (χ4v) is 2.06. The summed E-state index contributed by atoms with van der Waals surface area (Å²) in [6.45, 7) is 2.87. The topological polar surface area (TPSA) is 109 Å². The van der Waals surface area contributed by atoms with E-state index in [-0.39, 0.29) is 5.82 Å². The van der Waals surface area contributed by atoms with Gasteiger partial charge in [0.05, 0.1) is 5.02 Å². The number of pyridine rings is 1. The Kier molecular flexibility index (Phi) is 7.13. The van der Waals surface area contributed by atoms with Crippen LogP contribution in [-0.2, 0) is 14.3 Å². The molecule has 0 aliphatic rings. The predicted molar refractivity (Wildman–Crippen MR) is 101 cm³/mol. The Labute approximate surface area is 161 Å². The molecular weight excluding hydrogens is 372 g/mol.